The van der Waals surface area contributed by atoms with Crippen LogP contribution >= 0.6 is 0 Å². The Hall–Kier alpha value is -4.25. The Morgan fingerprint density at radius 3 is 2.64 bits per heavy atom. The van der Waals surface area contributed by atoms with Gasteiger partial charge in [-0.3, -0.25) is 19.2 Å². The van der Waals surface area contributed by atoms with Gasteiger partial charge in [0.2, 0.25) is 11.8 Å². The quantitative estimate of drug-likeness (QED) is 0.353. The zero-order valence-corrected chi connectivity index (χ0v) is 22.9. The lowest BCUT2D eigenvalue weighted by Crippen LogP contribution is -2.32. The second-order valence-corrected chi connectivity index (χ2v) is 10.5. The maximum absolute atomic E-state index is 12.8. The summed E-state index contributed by atoms with van der Waals surface area (Å²) in [5.74, 6) is 2.23. The molecule has 1 fully saturated rings. The van der Waals surface area contributed by atoms with E-state index in [0.717, 1.165) is 30.8 Å². The average Bonchev–Trinajstić information content (AvgIpc) is 3.59. The SMILES string of the molecule is Cc1cc(C(=O)Nc2cc(Oc3ccc4nc(NC(=O)CN5CC[C@H](C(C)C)C5)cn4n3)ccc2C)n(C)n1. The fraction of sp³-hybridized carbons (Fsp3) is 0.393. The van der Waals surface area contributed by atoms with Crippen molar-refractivity contribution in [2.75, 3.05) is 30.3 Å². The summed E-state index contributed by atoms with van der Waals surface area (Å²) in [4.78, 5) is 32.0. The molecule has 1 aromatic carbocycles. The van der Waals surface area contributed by atoms with Gasteiger partial charge in [-0.1, -0.05) is 19.9 Å². The highest BCUT2D eigenvalue weighted by Crippen LogP contribution is 2.27. The molecule has 0 unspecified atom stereocenters. The van der Waals surface area contributed by atoms with Crippen molar-refractivity contribution < 1.29 is 14.3 Å². The van der Waals surface area contributed by atoms with E-state index in [1.165, 1.54) is 0 Å². The van der Waals surface area contributed by atoms with Crippen LogP contribution in [0.25, 0.3) is 5.65 Å². The Bertz CT molecular complexity index is 1520. The van der Waals surface area contributed by atoms with Crippen molar-refractivity contribution in [1.29, 1.82) is 0 Å². The predicted molar refractivity (Wildman–Crippen MR) is 148 cm³/mol. The highest BCUT2D eigenvalue weighted by molar-refractivity contribution is 6.03. The molecule has 1 aliphatic rings. The van der Waals surface area contributed by atoms with E-state index in [9.17, 15) is 9.59 Å². The number of carbonyl (C=O) groups is 2. The first-order chi connectivity index (χ1) is 18.6. The third kappa shape index (κ3) is 6.09. The van der Waals surface area contributed by atoms with Gasteiger partial charge in [0, 0.05) is 31.4 Å². The zero-order valence-electron chi connectivity index (χ0n) is 22.9. The summed E-state index contributed by atoms with van der Waals surface area (Å²) in [6.07, 6.45) is 2.79. The number of anilines is 2. The largest absolute Gasteiger partial charge is 0.438 e. The van der Waals surface area contributed by atoms with Crippen molar-refractivity contribution in [1.82, 2.24) is 29.3 Å². The minimum absolute atomic E-state index is 0.0881. The van der Waals surface area contributed by atoms with Crippen LogP contribution in [0.5, 0.6) is 11.6 Å². The number of benzene rings is 1. The highest BCUT2D eigenvalue weighted by atomic mass is 16.5. The molecule has 5 rings (SSSR count). The number of hydrogen-bond donors (Lipinski definition) is 2. The second-order valence-electron chi connectivity index (χ2n) is 10.5. The van der Waals surface area contributed by atoms with Crippen molar-refractivity contribution in [3.63, 3.8) is 0 Å². The number of amides is 2. The molecule has 11 heteroatoms. The molecule has 204 valence electrons. The fourth-order valence-corrected chi connectivity index (χ4v) is 4.84. The van der Waals surface area contributed by atoms with Crippen LogP contribution < -0.4 is 15.4 Å². The monoisotopic (exact) mass is 530 g/mol. The molecule has 0 radical (unpaired) electrons. The number of ether oxygens (including phenoxy) is 1. The number of likely N-dealkylation sites (tertiary alicyclic amines) is 1. The minimum atomic E-state index is -0.254. The van der Waals surface area contributed by atoms with Crippen LogP contribution in [0.15, 0.2) is 42.6 Å². The Balaban J connectivity index is 1.23. The van der Waals surface area contributed by atoms with Gasteiger partial charge in [-0.15, -0.1) is 5.10 Å². The molecule has 2 amide bonds. The van der Waals surface area contributed by atoms with Gasteiger partial charge in [-0.25, -0.2) is 9.50 Å². The van der Waals surface area contributed by atoms with E-state index in [2.05, 4.69) is 44.6 Å². The van der Waals surface area contributed by atoms with Gasteiger partial charge in [-0.2, -0.15) is 5.10 Å². The smallest absolute Gasteiger partial charge is 0.273 e. The first-order valence-electron chi connectivity index (χ1n) is 13.1. The van der Waals surface area contributed by atoms with E-state index in [1.54, 1.807) is 46.7 Å². The number of nitrogens with one attached hydrogen (secondary N) is 2. The number of hydrogen-bond acceptors (Lipinski definition) is 7. The Morgan fingerprint density at radius 2 is 1.92 bits per heavy atom. The Labute approximate surface area is 227 Å². The predicted octanol–water partition coefficient (Wildman–Crippen LogP) is 4.04. The number of aryl methyl sites for hydroxylation is 3. The summed E-state index contributed by atoms with van der Waals surface area (Å²) in [6, 6.07) is 10.7. The Kier molecular flexibility index (Phi) is 7.34. The number of nitrogens with zero attached hydrogens (tertiary/aromatic N) is 6. The summed E-state index contributed by atoms with van der Waals surface area (Å²) in [5.41, 5.74) is 3.34. The van der Waals surface area contributed by atoms with Crippen LogP contribution in [-0.4, -0.2) is 60.7 Å². The lowest BCUT2D eigenvalue weighted by Gasteiger charge is -2.16. The summed E-state index contributed by atoms with van der Waals surface area (Å²) in [5, 5.41) is 14.5. The molecule has 4 heterocycles. The molecule has 39 heavy (non-hydrogen) atoms. The number of carbonyl (C=O) groups excluding carboxylic acids is 2. The molecule has 1 saturated heterocycles. The maximum atomic E-state index is 12.8. The van der Waals surface area contributed by atoms with Gasteiger partial charge in [0.05, 0.1) is 18.4 Å². The molecule has 11 nitrogen and oxygen atoms in total. The highest BCUT2D eigenvalue weighted by Gasteiger charge is 2.26. The number of imidazole rings is 1. The van der Waals surface area contributed by atoms with Crippen LogP contribution in [0.1, 0.15) is 42.0 Å². The van der Waals surface area contributed by atoms with Gasteiger partial charge in [0.1, 0.15) is 11.4 Å². The zero-order chi connectivity index (χ0) is 27.7. The number of rotatable bonds is 8. The van der Waals surface area contributed by atoms with E-state index in [0.29, 0.717) is 52.9 Å². The van der Waals surface area contributed by atoms with Crippen molar-refractivity contribution in [3.05, 3.63) is 59.5 Å². The van der Waals surface area contributed by atoms with Crippen molar-refractivity contribution in [2.24, 2.45) is 18.9 Å². The first-order valence-corrected chi connectivity index (χ1v) is 13.1. The van der Waals surface area contributed by atoms with Crippen LogP contribution in [0.4, 0.5) is 11.5 Å². The topological polar surface area (TPSA) is 119 Å². The van der Waals surface area contributed by atoms with Gasteiger partial charge in [0.15, 0.2) is 11.5 Å². The molecule has 0 spiro atoms. The summed E-state index contributed by atoms with van der Waals surface area (Å²) in [6.45, 7) is 10.5. The van der Waals surface area contributed by atoms with Crippen LogP contribution in [0, 0.1) is 25.7 Å². The summed E-state index contributed by atoms with van der Waals surface area (Å²) >= 11 is 0. The number of aromatic nitrogens is 5. The van der Waals surface area contributed by atoms with Gasteiger partial charge < -0.3 is 15.4 Å². The van der Waals surface area contributed by atoms with Crippen molar-refractivity contribution >= 4 is 29.0 Å². The average molecular weight is 531 g/mol. The van der Waals surface area contributed by atoms with Crippen molar-refractivity contribution in [2.45, 2.75) is 34.1 Å². The minimum Gasteiger partial charge on any atom is -0.438 e. The normalized spacial score (nSPS) is 15.7. The van der Waals surface area contributed by atoms with E-state index in [1.807, 2.05) is 26.0 Å². The summed E-state index contributed by atoms with van der Waals surface area (Å²) in [7, 11) is 1.73. The molecule has 2 N–H and O–H groups in total. The molecular formula is C28H34N8O3. The fourth-order valence-electron chi connectivity index (χ4n) is 4.84. The molecule has 0 saturated carbocycles. The standard InChI is InChI=1S/C28H34N8O3/c1-17(2)20-10-11-35(14-20)16-26(37)31-24-15-36-25(30-24)8-9-27(33-36)39-21-7-6-18(3)22(13-21)29-28(38)23-12-19(4)32-34(23)5/h6-9,12-13,15,17,20H,10-11,14,16H2,1-5H3,(H,29,38)(H,31,37)/t20-/m0/s1. The molecular weight excluding hydrogens is 496 g/mol. The molecule has 3 aromatic heterocycles. The molecule has 0 bridgehead atoms. The van der Waals surface area contributed by atoms with E-state index in [-0.39, 0.29) is 11.8 Å². The van der Waals surface area contributed by atoms with Gasteiger partial charge in [0.25, 0.3) is 5.91 Å². The third-order valence-electron chi connectivity index (χ3n) is 7.10. The first kappa shape index (κ1) is 26.4. The van der Waals surface area contributed by atoms with Crippen LogP contribution in [0.3, 0.4) is 0 Å². The lowest BCUT2D eigenvalue weighted by molar-refractivity contribution is -0.117. The maximum Gasteiger partial charge on any atom is 0.273 e. The van der Waals surface area contributed by atoms with E-state index >= 15 is 0 Å². The molecule has 4 aromatic rings. The second kappa shape index (κ2) is 10.9. The Morgan fingerprint density at radius 1 is 1.10 bits per heavy atom. The van der Waals surface area contributed by atoms with E-state index < -0.39 is 0 Å². The molecule has 0 aliphatic carbocycles. The third-order valence-corrected chi connectivity index (χ3v) is 7.10. The van der Waals surface area contributed by atoms with Crippen LogP contribution in [0.2, 0.25) is 0 Å². The molecule has 1 aliphatic heterocycles. The molecule has 1 atom stereocenters. The van der Waals surface area contributed by atoms with Gasteiger partial charge in [-0.05, 0) is 62.4 Å². The van der Waals surface area contributed by atoms with Gasteiger partial charge >= 0.3 is 0 Å². The summed E-state index contributed by atoms with van der Waals surface area (Å²) < 4.78 is 9.10. The van der Waals surface area contributed by atoms with Crippen LogP contribution in [-0.2, 0) is 11.8 Å². The number of fused-ring (bicyclic) bond motifs is 1. The lowest BCUT2D eigenvalue weighted by atomic mass is 9.95. The van der Waals surface area contributed by atoms with Crippen molar-refractivity contribution in [3.8, 4) is 11.6 Å². The van der Waals surface area contributed by atoms with E-state index in [4.69, 9.17) is 4.74 Å².